The third-order valence-electron chi connectivity index (χ3n) is 24.1. The minimum Gasteiger partial charge on any atom is -0.437 e. The maximum Gasteiger partial charge on any atom is 0.227 e. The van der Waals surface area contributed by atoms with E-state index < -0.39 is 0 Å². The number of aromatic nitrogens is 8. The van der Waals surface area contributed by atoms with Gasteiger partial charge in [-0.2, -0.15) is 0 Å². The predicted molar refractivity (Wildman–Crippen MR) is 485 cm³/mol. The topological polar surface area (TPSA) is 120 Å². The molecule has 12 heteroatoms. The van der Waals surface area contributed by atoms with Crippen LogP contribution in [0.3, 0.4) is 0 Å². The van der Waals surface area contributed by atoms with Crippen molar-refractivity contribution in [3.63, 3.8) is 0 Å². The first-order chi connectivity index (χ1) is 56.4. The fraction of sp³-hybridized carbons (Fsp3) is 0.396. The SMILES string of the molecule is Cc1ccc2c(n1)oc1c(-c3ccc(CC(C)(C)C)c[n+]3C)c(C)ccc12.Cc1ccc2c(oc3nc(C4CCCC4)ccc32)c1-c1ccc(CC(C)C)c[n+]1C.Cc1ccc2c(oc3nc(C4CCCCC4)ccc32)c1-c1ccc(CC(C)C)c[n+]1C.Cc1ccc2c(oc3nc(CC(C)(C)C)ccc32)c1-c1ccc(CC(C)C)c[n+]1C. The molecule has 0 spiro atoms. The number of benzene rings is 4. The molecule has 2 fully saturated rings. The molecule has 2 aliphatic rings. The van der Waals surface area contributed by atoms with Crippen LogP contribution in [0.5, 0.6) is 0 Å². The van der Waals surface area contributed by atoms with Crippen molar-refractivity contribution in [1.82, 2.24) is 19.9 Å². The van der Waals surface area contributed by atoms with Crippen molar-refractivity contribution in [2.45, 2.75) is 219 Å². The molecular formula is C106H124N8O4+4. The first kappa shape index (κ1) is 82.4. The van der Waals surface area contributed by atoms with E-state index in [1.807, 2.05) is 13.0 Å². The summed E-state index contributed by atoms with van der Waals surface area (Å²) in [5.74, 6) is 3.12. The highest BCUT2D eigenvalue weighted by molar-refractivity contribution is 6.12. The second-order valence-corrected chi connectivity index (χ2v) is 38.3. The summed E-state index contributed by atoms with van der Waals surface area (Å²) in [5, 5.41) is 8.96. The highest BCUT2D eigenvalue weighted by Crippen LogP contribution is 2.44. The van der Waals surface area contributed by atoms with E-state index in [1.54, 1.807) is 0 Å². The number of fused-ring (bicyclic) bond motifs is 12. The maximum absolute atomic E-state index is 6.48. The quantitative estimate of drug-likeness (QED) is 0.0988. The molecule has 4 aromatic carbocycles. The van der Waals surface area contributed by atoms with E-state index in [0.717, 1.165) is 143 Å². The van der Waals surface area contributed by atoms with Crippen LogP contribution >= 0.6 is 0 Å². The molecule has 2 aliphatic carbocycles. The Morgan fingerprint density at radius 3 is 0.932 bits per heavy atom. The molecule has 0 radical (unpaired) electrons. The monoisotopic (exact) mass is 1570 g/mol. The van der Waals surface area contributed by atoms with Crippen LogP contribution in [0.2, 0.25) is 0 Å². The lowest BCUT2D eigenvalue weighted by molar-refractivity contribution is -0.660. The van der Waals surface area contributed by atoms with Crippen molar-refractivity contribution in [3.05, 3.63) is 238 Å². The summed E-state index contributed by atoms with van der Waals surface area (Å²) in [7, 11) is 8.51. The molecule has 0 bridgehead atoms. The predicted octanol–water partition coefficient (Wildman–Crippen LogP) is 25.9. The molecule has 0 N–H and O–H groups in total. The van der Waals surface area contributed by atoms with Crippen LogP contribution in [0.15, 0.2) is 188 Å². The van der Waals surface area contributed by atoms with E-state index in [2.05, 4.69) is 327 Å². The van der Waals surface area contributed by atoms with E-state index in [4.69, 9.17) is 32.6 Å². The van der Waals surface area contributed by atoms with Gasteiger partial charge in [0, 0.05) is 124 Å². The average molecular weight is 1570 g/mol. The number of hydrogen-bond donors (Lipinski definition) is 0. The Bertz CT molecular complexity index is 6410. The van der Waals surface area contributed by atoms with Gasteiger partial charge in [0.1, 0.15) is 28.2 Å². The zero-order valence-electron chi connectivity index (χ0n) is 74.2. The number of rotatable bonds is 14. The fourth-order valence-electron chi connectivity index (χ4n) is 18.6. The third kappa shape index (κ3) is 17.7. The van der Waals surface area contributed by atoms with E-state index in [0.29, 0.717) is 35.3 Å². The van der Waals surface area contributed by atoms with E-state index >= 15 is 0 Å². The van der Waals surface area contributed by atoms with Gasteiger partial charge in [-0.1, -0.05) is 164 Å². The molecule has 118 heavy (non-hydrogen) atoms. The van der Waals surface area contributed by atoms with Gasteiger partial charge in [0.05, 0.1) is 22.3 Å². The summed E-state index contributed by atoms with van der Waals surface area (Å²) in [4.78, 5) is 19.4. The molecule has 0 aliphatic heterocycles. The Hall–Kier alpha value is -10.7. The van der Waals surface area contributed by atoms with Crippen molar-refractivity contribution < 1.29 is 35.9 Å². The Morgan fingerprint density at radius 2 is 0.602 bits per heavy atom. The van der Waals surface area contributed by atoms with Crippen LogP contribution in [0.4, 0.5) is 0 Å². The fourth-order valence-corrected chi connectivity index (χ4v) is 18.6. The van der Waals surface area contributed by atoms with Crippen LogP contribution in [-0.4, -0.2) is 19.9 Å². The molecule has 0 saturated heterocycles. The van der Waals surface area contributed by atoms with Gasteiger partial charge in [0.2, 0.25) is 45.6 Å². The van der Waals surface area contributed by atoms with Gasteiger partial charge in [-0.25, -0.2) is 38.2 Å². The number of aryl methyl sites for hydroxylation is 9. The van der Waals surface area contributed by atoms with Crippen LogP contribution in [-0.2, 0) is 60.3 Å². The molecular weight excluding hydrogens is 1450 g/mol. The van der Waals surface area contributed by atoms with Gasteiger partial charge in [0.25, 0.3) is 0 Å². The Labute approximate surface area is 698 Å². The second-order valence-electron chi connectivity index (χ2n) is 38.3. The van der Waals surface area contributed by atoms with E-state index in [-0.39, 0.29) is 10.8 Å². The average Bonchev–Trinajstić information content (AvgIpc) is 1.61. The maximum atomic E-state index is 6.48. The second kappa shape index (κ2) is 33.9. The van der Waals surface area contributed by atoms with Crippen molar-refractivity contribution in [2.24, 2.45) is 56.8 Å². The van der Waals surface area contributed by atoms with Crippen molar-refractivity contribution in [3.8, 4) is 45.0 Å². The third-order valence-corrected chi connectivity index (χ3v) is 24.1. The largest absolute Gasteiger partial charge is 0.437 e. The van der Waals surface area contributed by atoms with Crippen LogP contribution < -0.4 is 18.3 Å². The molecule has 12 nitrogen and oxygen atoms in total. The lowest BCUT2D eigenvalue weighted by atomic mass is 9.86. The Balaban J connectivity index is 0.000000123. The van der Waals surface area contributed by atoms with E-state index in [1.165, 1.54) is 142 Å². The molecule has 0 atom stereocenters. The van der Waals surface area contributed by atoms with Crippen molar-refractivity contribution in [1.29, 1.82) is 0 Å². The smallest absolute Gasteiger partial charge is 0.227 e. The number of hydrogen-bond acceptors (Lipinski definition) is 8. The molecule has 18 rings (SSSR count). The van der Waals surface area contributed by atoms with Gasteiger partial charge >= 0.3 is 0 Å². The lowest BCUT2D eigenvalue weighted by Crippen LogP contribution is -2.32. The van der Waals surface area contributed by atoms with Gasteiger partial charge in [-0.05, 0) is 216 Å². The van der Waals surface area contributed by atoms with Crippen molar-refractivity contribution in [2.75, 3.05) is 0 Å². The number of pyridine rings is 8. The van der Waals surface area contributed by atoms with Crippen molar-refractivity contribution >= 4 is 88.3 Å². The highest BCUT2D eigenvalue weighted by Gasteiger charge is 2.30. The summed E-state index contributed by atoms with van der Waals surface area (Å²) in [5.41, 5.74) is 31.3. The zero-order chi connectivity index (χ0) is 83.3. The molecule has 2 saturated carbocycles. The first-order valence-corrected chi connectivity index (χ1v) is 43.6. The number of furan rings is 4. The minimum absolute atomic E-state index is 0.194. The molecule has 0 unspecified atom stereocenters. The van der Waals surface area contributed by atoms with Crippen LogP contribution in [0.25, 0.3) is 133 Å². The van der Waals surface area contributed by atoms with E-state index in [9.17, 15) is 0 Å². The van der Waals surface area contributed by atoms with Gasteiger partial charge < -0.3 is 17.7 Å². The highest BCUT2D eigenvalue weighted by atomic mass is 16.4. The standard InChI is InChI=1S/C28H33N2O.C27H31N2O.C27H33N2O.C24H27N2O/c1-18(2)16-20-11-15-25(30(4)17-20)26-19(3)10-12-22-23-13-14-24(21-8-6-5-7-9-21)29-28(23)31-27(22)26;1-17(2)15-19-10-14-24(29(4)16-19)25-18(3)9-11-21-22-12-13-23(20-7-5-6-8-20)28-27(22)30-26(21)25;1-17(2)14-19-9-13-23(29(7)16-19)24-18(3)8-11-21-22-12-10-20(15-27(4,5)6)28-26(22)30-25(21)24;1-15-7-10-18-19-11-8-16(2)25-23(19)27-22(18)21(15)20-12-9-17(14-26(20)6)13-24(3,4)5/h10-15,17-18,21H,5-9,16H2,1-4H3;9-14,16-17,20H,5-8,15H2,1-4H3;8-13,16-17H,14-15H2,1-7H3;7-12,14H,13H2,1-6H3/q4*+1. The summed E-state index contributed by atoms with van der Waals surface area (Å²) < 4.78 is 34.5. The minimum atomic E-state index is 0.194. The summed E-state index contributed by atoms with van der Waals surface area (Å²) >= 11 is 0. The van der Waals surface area contributed by atoms with Gasteiger partial charge in [-0.3, -0.25) is 0 Å². The molecule has 12 aromatic heterocycles. The summed E-state index contributed by atoms with van der Waals surface area (Å²) in [6, 6.07) is 52.7. The van der Waals surface area contributed by atoms with Crippen LogP contribution in [0.1, 0.15) is 220 Å². The normalized spacial score (nSPS) is 13.8. The first-order valence-electron chi connectivity index (χ1n) is 43.6. The van der Waals surface area contributed by atoms with Gasteiger partial charge in [-0.15, -0.1) is 0 Å². The summed E-state index contributed by atoms with van der Waals surface area (Å²) in [6.07, 6.45) is 25.9. The van der Waals surface area contributed by atoms with Gasteiger partial charge in [0.15, 0.2) is 47.1 Å². The molecule has 16 aromatic rings. The number of nitrogens with zero attached hydrogens (tertiary/aromatic N) is 8. The lowest BCUT2D eigenvalue weighted by Gasteiger charge is -2.20. The Morgan fingerprint density at radius 1 is 0.314 bits per heavy atom. The molecule has 608 valence electrons. The Kier molecular flexibility index (Phi) is 23.7. The zero-order valence-corrected chi connectivity index (χ0v) is 74.2. The van der Waals surface area contributed by atoms with Crippen LogP contribution in [0, 0.1) is 63.2 Å². The molecule has 0 amide bonds. The molecule has 12 heterocycles. The summed E-state index contributed by atoms with van der Waals surface area (Å²) in [6.45, 7) is 37.7.